The van der Waals surface area contributed by atoms with Gasteiger partial charge in [0.25, 0.3) is 11.8 Å². The van der Waals surface area contributed by atoms with E-state index in [0.717, 1.165) is 22.3 Å². The van der Waals surface area contributed by atoms with E-state index in [1.165, 1.54) is 0 Å². The van der Waals surface area contributed by atoms with Crippen LogP contribution in [0.4, 0.5) is 52.7 Å². The van der Waals surface area contributed by atoms with E-state index in [-0.39, 0.29) is 38.4 Å². The fraction of sp³-hybridized carbons (Fsp3) is 0.429. The standard InChI is InChI=1S/C27H39N7O5.4C2HF3O2/c28-13-17-7-18(14-29)10-21(9-17)25(37)32-5-2-1-3-23(27(39)33-6-4-24(35)36)34-26(38)22-11-19(15-30)8-20(12-22)16-31;4*3-2(4,5)1(6)7/h7-12,23H,1-6,13-16,28-31H2,(H,32,37)(H,33,39)(H,34,38)(H,35,36);4*(H,6,7)/t23-;;;;/m0..../s1. The Bertz CT molecular complexity index is 1820. The number of carboxylic acid groups (broad SMARTS) is 5. The Labute approximate surface area is 368 Å². The largest absolute Gasteiger partial charge is 0.490 e. The highest BCUT2D eigenvalue weighted by molar-refractivity contribution is 5.98. The first-order valence-electron chi connectivity index (χ1n) is 17.8. The SMILES string of the molecule is NCc1cc(CN)cc(C(=O)NCCCC[C@H](NC(=O)c2cc(CN)cc(CN)c2)C(=O)NCCC(=O)O)c1.O=C(O)C(F)(F)F.O=C(O)C(F)(F)F.O=C(O)C(F)(F)F.O=C(O)C(F)(F)F. The number of amides is 3. The van der Waals surface area contributed by atoms with Crippen molar-refractivity contribution >= 4 is 47.6 Å². The Hall–Kier alpha value is -6.80. The van der Waals surface area contributed by atoms with Gasteiger partial charge in [-0.2, -0.15) is 52.7 Å². The summed E-state index contributed by atoms with van der Waals surface area (Å²) in [6, 6.07) is 9.48. The van der Waals surface area contributed by atoms with E-state index in [4.69, 9.17) is 67.6 Å². The number of carbonyl (C=O) groups is 8. The second-order valence-electron chi connectivity index (χ2n) is 12.3. The van der Waals surface area contributed by atoms with Crippen LogP contribution in [-0.2, 0) is 54.9 Å². The number of hydrogen-bond donors (Lipinski definition) is 12. The molecule has 0 saturated carbocycles. The molecule has 0 heterocycles. The molecule has 0 radical (unpaired) electrons. The maximum Gasteiger partial charge on any atom is 0.490 e. The highest BCUT2D eigenvalue weighted by Gasteiger charge is 2.40. The normalized spacial score (nSPS) is 11.4. The Kier molecular flexibility index (Phi) is 29.3. The van der Waals surface area contributed by atoms with Crippen LogP contribution in [0, 0.1) is 0 Å². The molecule has 2 rings (SSSR count). The molecule has 0 unspecified atom stereocenters. The van der Waals surface area contributed by atoms with E-state index >= 15 is 0 Å². The number of alkyl halides is 12. The Morgan fingerprint density at radius 3 is 1.03 bits per heavy atom. The van der Waals surface area contributed by atoms with Crippen LogP contribution in [0.25, 0.3) is 0 Å². The molecule has 0 aromatic heterocycles. The number of nitrogens with two attached hydrogens (primary N) is 4. The number of halogens is 12. The second kappa shape index (κ2) is 30.4. The zero-order valence-corrected chi connectivity index (χ0v) is 34.0. The van der Waals surface area contributed by atoms with Gasteiger partial charge in [-0.15, -0.1) is 0 Å². The maximum absolute atomic E-state index is 13.0. The molecule has 0 aliphatic rings. The van der Waals surface area contributed by atoms with E-state index in [0.29, 0.717) is 43.6 Å². The number of carbonyl (C=O) groups excluding carboxylic acids is 3. The zero-order valence-electron chi connectivity index (χ0n) is 34.0. The molecule has 0 spiro atoms. The fourth-order valence-corrected chi connectivity index (χ4v) is 3.96. The zero-order chi connectivity index (χ0) is 53.1. The average Bonchev–Trinajstić information content (AvgIpc) is 3.21. The fourth-order valence-electron chi connectivity index (χ4n) is 3.96. The van der Waals surface area contributed by atoms with Gasteiger partial charge in [0.2, 0.25) is 5.91 Å². The monoisotopic (exact) mass is 997 g/mol. The van der Waals surface area contributed by atoms with Crippen LogP contribution >= 0.6 is 0 Å². The molecule has 0 saturated heterocycles. The topological polar surface area (TPSA) is 378 Å². The summed E-state index contributed by atoms with van der Waals surface area (Å²) >= 11 is 0. The van der Waals surface area contributed by atoms with Gasteiger partial charge in [0.05, 0.1) is 6.42 Å². The van der Waals surface area contributed by atoms with Crippen LogP contribution in [0.2, 0.25) is 0 Å². The third-order valence-corrected chi connectivity index (χ3v) is 7.01. The summed E-state index contributed by atoms with van der Waals surface area (Å²) in [5.41, 5.74) is 26.7. The lowest BCUT2D eigenvalue weighted by Crippen LogP contribution is -2.47. The quantitative estimate of drug-likeness (QED) is 0.0848. The summed E-state index contributed by atoms with van der Waals surface area (Å²) < 4.78 is 127. The van der Waals surface area contributed by atoms with E-state index in [2.05, 4.69) is 16.0 Å². The molecule has 2 aromatic rings. The molecule has 16 N–H and O–H groups in total. The summed E-state index contributed by atoms with van der Waals surface area (Å²) in [6.07, 6.45) is -19.2. The summed E-state index contributed by atoms with van der Waals surface area (Å²) in [7, 11) is 0. The van der Waals surface area contributed by atoms with E-state index in [1.807, 2.05) is 12.1 Å². The number of benzene rings is 2. The van der Waals surface area contributed by atoms with Gasteiger partial charge in [0.15, 0.2) is 0 Å². The molecular weight excluding hydrogens is 954 g/mol. The van der Waals surface area contributed by atoms with Gasteiger partial charge in [-0.25, -0.2) is 19.2 Å². The number of unbranched alkanes of at least 4 members (excludes halogenated alkanes) is 1. The van der Waals surface area contributed by atoms with E-state index in [9.17, 15) is 71.9 Å². The summed E-state index contributed by atoms with van der Waals surface area (Å²) in [5.74, 6) is -13.3. The third kappa shape index (κ3) is 30.9. The highest BCUT2D eigenvalue weighted by Crippen LogP contribution is 2.16. The number of carboxylic acids is 5. The molecule has 1 atom stereocenters. The molecule has 380 valence electrons. The molecule has 0 aliphatic heterocycles. The second-order valence-corrected chi connectivity index (χ2v) is 12.3. The minimum Gasteiger partial charge on any atom is -0.481 e. The van der Waals surface area contributed by atoms with Crippen molar-refractivity contribution in [2.45, 2.75) is 82.6 Å². The summed E-state index contributed by atoms with van der Waals surface area (Å²) in [5, 5.41) is 45.5. The van der Waals surface area contributed by atoms with E-state index < -0.39 is 72.4 Å². The average molecular weight is 998 g/mol. The van der Waals surface area contributed by atoms with Gasteiger partial charge < -0.3 is 64.4 Å². The smallest absolute Gasteiger partial charge is 0.481 e. The van der Waals surface area contributed by atoms with Crippen LogP contribution < -0.4 is 38.9 Å². The van der Waals surface area contributed by atoms with Crippen molar-refractivity contribution < 1.29 is 117 Å². The Morgan fingerprint density at radius 2 is 0.761 bits per heavy atom. The summed E-state index contributed by atoms with van der Waals surface area (Å²) in [6.45, 7) is 1.32. The highest BCUT2D eigenvalue weighted by atomic mass is 19.4. The molecule has 2 aromatic carbocycles. The Morgan fingerprint density at radius 1 is 0.463 bits per heavy atom. The van der Waals surface area contributed by atoms with Gasteiger partial charge in [-0.05, 0) is 65.8 Å². The van der Waals surface area contributed by atoms with Gasteiger partial charge in [-0.1, -0.05) is 12.1 Å². The van der Waals surface area contributed by atoms with Gasteiger partial charge in [0.1, 0.15) is 6.04 Å². The molecule has 3 amide bonds. The molecular formula is C35H43F12N7O13. The van der Waals surface area contributed by atoms with Crippen molar-refractivity contribution in [3.8, 4) is 0 Å². The molecule has 67 heavy (non-hydrogen) atoms. The lowest BCUT2D eigenvalue weighted by molar-refractivity contribution is -0.193. The predicted molar refractivity (Wildman–Crippen MR) is 202 cm³/mol. The van der Waals surface area contributed by atoms with Crippen molar-refractivity contribution in [1.29, 1.82) is 0 Å². The number of hydrogen-bond acceptors (Lipinski definition) is 12. The van der Waals surface area contributed by atoms with Gasteiger partial charge >= 0.3 is 54.6 Å². The first kappa shape index (κ1) is 64.5. The minimum absolute atomic E-state index is 0.0662. The number of rotatable bonds is 16. The summed E-state index contributed by atoms with van der Waals surface area (Å²) in [4.78, 5) is 84.7. The molecule has 32 heteroatoms. The van der Waals surface area contributed by atoms with Crippen molar-refractivity contribution in [3.63, 3.8) is 0 Å². The van der Waals surface area contributed by atoms with Crippen LogP contribution in [0.15, 0.2) is 36.4 Å². The maximum atomic E-state index is 13.0. The van der Waals surface area contributed by atoms with Crippen molar-refractivity contribution in [2.24, 2.45) is 22.9 Å². The van der Waals surface area contributed by atoms with E-state index in [1.54, 1.807) is 24.3 Å². The first-order chi connectivity index (χ1) is 30.5. The van der Waals surface area contributed by atoms with Gasteiger partial charge in [0, 0.05) is 50.4 Å². The minimum atomic E-state index is -5.08. The van der Waals surface area contributed by atoms with Crippen molar-refractivity contribution in [1.82, 2.24) is 16.0 Å². The van der Waals surface area contributed by atoms with Crippen LogP contribution in [0.3, 0.4) is 0 Å². The molecule has 0 fully saturated rings. The van der Waals surface area contributed by atoms with Gasteiger partial charge in [-0.3, -0.25) is 19.2 Å². The van der Waals surface area contributed by atoms with Crippen molar-refractivity contribution in [3.05, 3.63) is 69.8 Å². The Balaban J connectivity index is -0.00000117. The lowest BCUT2D eigenvalue weighted by atomic mass is 10.0. The number of aliphatic carboxylic acids is 5. The first-order valence-corrected chi connectivity index (χ1v) is 17.8. The van der Waals surface area contributed by atoms with Crippen LogP contribution in [0.5, 0.6) is 0 Å². The predicted octanol–water partition coefficient (Wildman–Crippen LogP) is 2.34. The number of nitrogens with one attached hydrogen (secondary N) is 3. The lowest BCUT2D eigenvalue weighted by Gasteiger charge is -2.19. The van der Waals surface area contributed by atoms with Crippen molar-refractivity contribution in [2.75, 3.05) is 13.1 Å². The molecule has 0 aliphatic carbocycles. The third-order valence-electron chi connectivity index (χ3n) is 7.01. The van der Waals surface area contributed by atoms with Crippen LogP contribution in [0.1, 0.15) is 68.7 Å². The molecule has 20 nitrogen and oxygen atoms in total. The molecule has 0 bridgehead atoms. The van der Waals surface area contributed by atoms with Crippen LogP contribution in [-0.4, -0.2) is 117 Å².